The maximum atomic E-state index is 6.32. The highest BCUT2D eigenvalue weighted by molar-refractivity contribution is 5.20. The molecule has 3 rings (SSSR count). The zero-order valence-electron chi connectivity index (χ0n) is 12.5. The lowest BCUT2D eigenvalue weighted by Gasteiger charge is -2.38. The normalized spacial score (nSPS) is 32.1. The summed E-state index contributed by atoms with van der Waals surface area (Å²) < 4.78 is 0. The fourth-order valence-corrected chi connectivity index (χ4v) is 4.01. The van der Waals surface area contributed by atoms with E-state index >= 15 is 0 Å². The van der Waals surface area contributed by atoms with Crippen LogP contribution in [0.5, 0.6) is 0 Å². The van der Waals surface area contributed by atoms with Crippen molar-refractivity contribution in [2.75, 3.05) is 19.6 Å². The van der Waals surface area contributed by atoms with E-state index < -0.39 is 0 Å². The predicted octanol–water partition coefficient (Wildman–Crippen LogP) is 3.38. The van der Waals surface area contributed by atoms with E-state index in [1.807, 2.05) is 0 Å². The number of hydrogen-bond acceptors (Lipinski definition) is 2. The second-order valence-electron chi connectivity index (χ2n) is 6.72. The van der Waals surface area contributed by atoms with Crippen molar-refractivity contribution in [2.45, 2.75) is 50.5 Å². The first-order valence-electron chi connectivity index (χ1n) is 8.36. The Morgan fingerprint density at radius 2 is 1.80 bits per heavy atom. The molecule has 2 nitrogen and oxygen atoms in total. The molecular weight excluding hydrogens is 244 g/mol. The Balaban J connectivity index is 1.58. The van der Waals surface area contributed by atoms with E-state index in [2.05, 4.69) is 35.2 Å². The van der Waals surface area contributed by atoms with Crippen molar-refractivity contribution in [3.63, 3.8) is 0 Å². The van der Waals surface area contributed by atoms with E-state index in [4.69, 9.17) is 5.73 Å². The summed E-state index contributed by atoms with van der Waals surface area (Å²) in [4.78, 5) is 2.68. The Kier molecular flexibility index (Phi) is 4.74. The minimum atomic E-state index is 0.445. The molecule has 1 heterocycles. The largest absolute Gasteiger partial charge is 0.327 e. The highest BCUT2D eigenvalue weighted by atomic mass is 15.1. The molecule has 2 N–H and O–H groups in total. The van der Waals surface area contributed by atoms with Crippen molar-refractivity contribution in [3.05, 3.63) is 35.9 Å². The van der Waals surface area contributed by atoms with Crippen molar-refractivity contribution in [2.24, 2.45) is 11.7 Å². The lowest BCUT2D eigenvalue weighted by atomic mass is 9.83. The first kappa shape index (κ1) is 14.1. The summed E-state index contributed by atoms with van der Waals surface area (Å²) in [5.41, 5.74) is 7.83. The summed E-state index contributed by atoms with van der Waals surface area (Å²) in [6, 6.07) is 11.5. The summed E-state index contributed by atoms with van der Waals surface area (Å²) in [6.45, 7) is 3.73. The van der Waals surface area contributed by atoms with E-state index in [1.165, 1.54) is 63.7 Å². The molecule has 0 amide bonds. The number of benzene rings is 1. The molecule has 1 aliphatic heterocycles. The molecule has 1 aromatic rings. The van der Waals surface area contributed by atoms with Gasteiger partial charge in [-0.05, 0) is 49.6 Å². The number of hydrogen-bond donors (Lipinski definition) is 1. The van der Waals surface area contributed by atoms with E-state index in [0.717, 1.165) is 11.8 Å². The smallest absolute Gasteiger partial charge is 0.00793 e. The maximum absolute atomic E-state index is 6.32. The van der Waals surface area contributed by atoms with Gasteiger partial charge in [-0.3, -0.25) is 0 Å². The van der Waals surface area contributed by atoms with Gasteiger partial charge in [-0.15, -0.1) is 0 Å². The SMILES string of the molecule is N[C@H]1CCCC[C@@H]1CN1CCC[C@@H](c2ccccc2)C1. The first-order valence-corrected chi connectivity index (χ1v) is 8.36. The fraction of sp³-hybridized carbons (Fsp3) is 0.667. The minimum Gasteiger partial charge on any atom is -0.327 e. The average Bonchev–Trinajstić information content (AvgIpc) is 2.51. The average molecular weight is 272 g/mol. The molecule has 110 valence electrons. The number of rotatable bonds is 3. The van der Waals surface area contributed by atoms with Crippen LogP contribution < -0.4 is 5.73 Å². The lowest BCUT2D eigenvalue weighted by molar-refractivity contribution is 0.149. The Hall–Kier alpha value is -0.860. The topological polar surface area (TPSA) is 29.3 Å². The summed E-state index contributed by atoms with van der Waals surface area (Å²) in [7, 11) is 0. The molecular formula is C18H28N2. The van der Waals surface area contributed by atoms with Gasteiger partial charge in [0.15, 0.2) is 0 Å². The van der Waals surface area contributed by atoms with Gasteiger partial charge in [-0.1, -0.05) is 43.2 Å². The molecule has 3 atom stereocenters. The molecule has 2 aliphatic rings. The monoisotopic (exact) mass is 272 g/mol. The first-order chi connectivity index (χ1) is 9.83. The van der Waals surface area contributed by atoms with Gasteiger partial charge in [0.1, 0.15) is 0 Å². The molecule has 0 spiro atoms. The van der Waals surface area contributed by atoms with Crippen LogP contribution >= 0.6 is 0 Å². The molecule has 1 saturated heterocycles. The van der Waals surface area contributed by atoms with Crippen LogP contribution in [-0.4, -0.2) is 30.6 Å². The van der Waals surface area contributed by atoms with Crippen molar-refractivity contribution in [1.82, 2.24) is 4.90 Å². The van der Waals surface area contributed by atoms with Crippen LogP contribution in [0.25, 0.3) is 0 Å². The molecule has 0 aromatic heterocycles. The van der Waals surface area contributed by atoms with Crippen LogP contribution in [-0.2, 0) is 0 Å². The Labute approximate surface area is 123 Å². The second kappa shape index (κ2) is 6.73. The van der Waals surface area contributed by atoms with Gasteiger partial charge in [0.05, 0.1) is 0 Å². The third-order valence-corrected chi connectivity index (χ3v) is 5.24. The maximum Gasteiger partial charge on any atom is 0.00793 e. The number of nitrogens with zero attached hydrogens (tertiary/aromatic N) is 1. The lowest BCUT2D eigenvalue weighted by Crippen LogP contribution is -2.44. The van der Waals surface area contributed by atoms with E-state index in [1.54, 1.807) is 0 Å². The molecule has 0 bridgehead atoms. The van der Waals surface area contributed by atoms with E-state index in [-0.39, 0.29) is 0 Å². The van der Waals surface area contributed by atoms with Crippen LogP contribution in [0.2, 0.25) is 0 Å². The van der Waals surface area contributed by atoms with Crippen LogP contribution in [0.1, 0.15) is 50.0 Å². The van der Waals surface area contributed by atoms with Crippen LogP contribution in [0.15, 0.2) is 30.3 Å². The van der Waals surface area contributed by atoms with Gasteiger partial charge in [0.2, 0.25) is 0 Å². The van der Waals surface area contributed by atoms with Crippen LogP contribution in [0.4, 0.5) is 0 Å². The number of nitrogens with two attached hydrogens (primary N) is 1. The Morgan fingerprint density at radius 1 is 1.00 bits per heavy atom. The van der Waals surface area contributed by atoms with Crippen LogP contribution in [0, 0.1) is 5.92 Å². The molecule has 1 aromatic carbocycles. The molecule has 0 unspecified atom stereocenters. The van der Waals surface area contributed by atoms with Gasteiger partial charge in [-0.25, -0.2) is 0 Å². The second-order valence-corrected chi connectivity index (χ2v) is 6.72. The molecule has 2 fully saturated rings. The summed E-state index contributed by atoms with van der Waals surface area (Å²) in [6.07, 6.45) is 7.98. The third-order valence-electron chi connectivity index (χ3n) is 5.24. The van der Waals surface area contributed by atoms with E-state index in [9.17, 15) is 0 Å². The molecule has 20 heavy (non-hydrogen) atoms. The zero-order chi connectivity index (χ0) is 13.8. The predicted molar refractivity (Wildman–Crippen MR) is 84.8 cm³/mol. The van der Waals surface area contributed by atoms with Crippen molar-refractivity contribution >= 4 is 0 Å². The van der Waals surface area contributed by atoms with Gasteiger partial charge in [0, 0.05) is 19.1 Å². The molecule has 2 heteroatoms. The van der Waals surface area contributed by atoms with E-state index in [0.29, 0.717) is 6.04 Å². The van der Waals surface area contributed by atoms with Crippen molar-refractivity contribution in [1.29, 1.82) is 0 Å². The fourth-order valence-electron chi connectivity index (χ4n) is 4.01. The zero-order valence-corrected chi connectivity index (χ0v) is 12.5. The third kappa shape index (κ3) is 3.42. The van der Waals surface area contributed by atoms with Gasteiger partial charge < -0.3 is 10.6 Å². The number of piperidine rings is 1. The molecule has 1 saturated carbocycles. The summed E-state index contributed by atoms with van der Waals surface area (Å²) >= 11 is 0. The highest BCUT2D eigenvalue weighted by Crippen LogP contribution is 2.29. The highest BCUT2D eigenvalue weighted by Gasteiger charge is 2.27. The van der Waals surface area contributed by atoms with Gasteiger partial charge >= 0.3 is 0 Å². The van der Waals surface area contributed by atoms with Gasteiger partial charge in [-0.2, -0.15) is 0 Å². The molecule has 1 aliphatic carbocycles. The van der Waals surface area contributed by atoms with Crippen LogP contribution in [0.3, 0.4) is 0 Å². The minimum absolute atomic E-state index is 0.445. The van der Waals surface area contributed by atoms with Gasteiger partial charge in [0.25, 0.3) is 0 Å². The Morgan fingerprint density at radius 3 is 2.60 bits per heavy atom. The standard InChI is InChI=1S/C18H28N2/c19-18-11-5-4-9-17(18)14-20-12-6-10-16(13-20)15-7-2-1-3-8-15/h1-3,7-8,16-18H,4-6,9-14,19H2/t16-,17-,18+/m1/s1. The number of likely N-dealkylation sites (tertiary alicyclic amines) is 1. The quantitative estimate of drug-likeness (QED) is 0.914. The molecule has 0 radical (unpaired) electrons. The van der Waals surface area contributed by atoms with Crippen molar-refractivity contribution in [3.8, 4) is 0 Å². The Bertz CT molecular complexity index is 403. The summed E-state index contributed by atoms with van der Waals surface area (Å²) in [5, 5.41) is 0. The summed E-state index contributed by atoms with van der Waals surface area (Å²) in [5.74, 6) is 1.46. The van der Waals surface area contributed by atoms with Crippen molar-refractivity contribution < 1.29 is 0 Å².